The predicted octanol–water partition coefficient (Wildman–Crippen LogP) is 2.32. The number of carboxylic acids is 1. The lowest BCUT2D eigenvalue weighted by molar-refractivity contribution is -0.134. The molecule has 3 atom stereocenters. The number of carbonyl (C=O) groups excluding carboxylic acids is 1. The molecule has 7 nitrogen and oxygen atoms in total. The van der Waals surface area contributed by atoms with Crippen molar-refractivity contribution in [3.63, 3.8) is 0 Å². The van der Waals surface area contributed by atoms with Crippen molar-refractivity contribution in [1.29, 1.82) is 0 Å². The van der Waals surface area contributed by atoms with E-state index < -0.39 is 12.1 Å². The third-order valence-electron chi connectivity index (χ3n) is 4.07. The zero-order chi connectivity index (χ0) is 20.6. The molecule has 1 amide bonds. The number of carboxylic acid groups (broad SMARTS) is 1. The summed E-state index contributed by atoms with van der Waals surface area (Å²) in [6.07, 6.45) is 1.28. The van der Waals surface area contributed by atoms with Gasteiger partial charge in [0.05, 0.1) is 12.2 Å². The first-order valence-electron chi connectivity index (χ1n) is 8.96. The zero-order valence-electron chi connectivity index (χ0n) is 15.9. The van der Waals surface area contributed by atoms with Crippen LogP contribution in [0.4, 0.5) is 0 Å². The number of aliphatic carboxylic acids is 1. The Balaban J connectivity index is 0.000000828. The number of aliphatic hydroxyl groups is 1. The summed E-state index contributed by atoms with van der Waals surface area (Å²) >= 11 is 6.04. The molecule has 2 rings (SSSR count). The average Bonchev–Trinajstić information content (AvgIpc) is 2.56. The second-order valence-electron chi connectivity index (χ2n) is 6.90. The molecule has 0 aliphatic heterocycles. The van der Waals surface area contributed by atoms with Gasteiger partial charge in [-0.15, -0.1) is 0 Å². The molecule has 0 saturated heterocycles. The Labute approximate surface area is 164 Å². The summed E-state index contributed by atoms with van der Waals surface area (Å²) in [5.74, 6) is -0.301. The summed E-state index contributed by atoms with van der Waals surface area (Å²) in [5, 5.41) is 20.6. The molecule has 0 bridgehead atoms. The van der Waals surface area contributed by atoms with Gasteiger partial charge in [0.2, 0.25) is 5.91 Å². The Morgan fingerprint density at radius 2 is 2.00 bits per heavy atom. The van der Waals surface area contributed by atoms with E-state index >= 15 is 0 Å². The van der Waals surface area contributed by atoms with E-state index in [1.54, 1.807) is 12.1 Å². The molecule has 1 aromatic carbocycles. The molecule has 0 heterocycles. The van der Waals surface area contributed by atoms with Crippen LogP contribution in [0.3, 0.4) is 0 Å². The normalized spacial score (nSPS) is 21.8. The van der Waals surface area contributed by atoms with Crippen molar-refractivity contribution in [2.45, 2.75) is 64.8 Å². The highest BCUT2D eigenvalue weighted by Gasteiger charge is 2.30. The molecule has 0 aromatic heterocycles. The van der Waals surface area contributed by atoms with Gasteiger partial charge in [0, 0.05) is 36.0 Å². The minimum absolute atomic E-state index is 0.0391. The maximum absolute atomic E-state index is 12.3. The van der Waals surface area contributed by atoms with Crippen LogP contribution in [-0.2, 0) is 16.1 Å². The van der Waals surface area contributed by atoms with Crippen LogP contribution in [0.2, 0.25) is 5.02 Å². The average molecular weight is 401 g/mol. The van der Waals surface area contributed by atoms with Crippen LogP contribution < -0.4 is 15.8 Å². The number of nitrogens with two attached hydrogens (primary N) is 1. The Morgan fingerprint density at radius 1 is 1.37 bits per heavy atom. The van der Waals surface area contributed by atoms with Crippen LogP contribution in [-0.4, -0.2) is 40.3 Å². The maximum atomic E-state index is 12.3. The third kappa shape index (κ3) is 8.60. The van der Waals surface area contributed by atoms with Crippen LogP contribution in [0, 0.1) is 5.92 Å². The van der Waals surface area contributed by atoms with Crippen LogP contribution in [0.15, 0.2) is 18.2 Å². The topological polar surface area (TPSA) is 122 Å². The van der Waals surface area contributed by atoms with E-state index in [2.05, 4.69) is 5.32 Å². The molecular weight excluding hydrogens is 372 g/mol. The van der Waals surface area contributed by atoms with E-state index in [1.807, 2.05) is 19.9 Å². The van der Waals surface area contributed by atoms with Crippen molar-refractivity contribution in [3.8, 4) is 5.75 Å². The van der Waals surface area contributed by atoms with Crippen LogP contribution in [0.25, 0.3) is 0 Å². The van der Waals surface area contributed by atoms with Crippen molar-refractivity contribution >= 4 is 23.5 Å². The molecule has 1 aliphatic rings. The summed E-state index contributed by atoms with van der Waals surface area (Å²) in [6, 6.07) is 5.06. The fourth-order valence-electron chi connectivity index (χ4n) is 2.81. The molecule has 8 heteroatoms. The SMILES string of the molecule is CC(=O)O.CC(C)Oc1ccc(Cl)cc1CNC(=O)[C@H]1CC[C@@H](O)[C@H](N)C1. The lowest BCUT2D eigenvalue weighted by atomic mass is 9.83. The number of rotatable bonds is 5. The highest BCUT2D eigenvalue weighted by Crippen LogP contribution is 2.26. The summed E-state index contributed by atoms with van der Waals surface area (Å²) in [4.78, 5) is 21.3. The maximum Gasteiger partial charge on any atom is 0.300 e. The van der Waals surface area contributed by atoms with Crippen molar-refractivity contribution in [1.82, 2.24) is 5.32 Å². The highest BCUT2D eigenvalue weighted by molar-refractivity contribution is 6.30. The van der Waals surface area contributed by atoms with Gasteiger partial charge in [-0.1, -0.05) is 11.6 Å². The van der Waals surface area contributed by atoms with Crippen LogP contribution in [0.5, 0.6) is 5.75 Å². The van der Waals surface area contributed by atoms with Crippen LogP contribution in [0.1, 0.15) is 45.6 Å². The van der Waals surface area contributed by atoms with Gasteiger partial charge >= 0.3 is 0 Å². The highest BCUT2D eigenvalue weighted by atomic mass is 35.5. The molecular formula is C19H29ClN2O5. The smallest absolute Gasteiger partial charge is 0.300 e. The van der Waals surface area contributed by atoms with Gasteiger partial charge in [0.25, 0.3) is 5.97 Å². The van der Waals surface area contributed by atoms with Crippen molar-refractivity contribution in [2.75, 3.05) is 0 Å². The van der Waals surface area contributed by atoms with Crippen molar-refractivity contribution in [3.05, 3.63) is 28.8 Å². The largest absolute Gasteiger partial charge is 0.491 e. The van der Waals surface area contributed by atoms with Gasteiger partial charge in [0.15, 0.2) is 0 Å². The standard InChI is InChI=1S/C17H25ClN2O3.C2H4O2/c1-10(2)23-16-6-4-13(18)7-12(16)9-20-17(22)11-3-5-15(21)14(19)8-11;1-2(3)4/h4,6-7,10-11,14-15,21H,3,5,8-9,19H2,1-2H3,(H,20,22);1H3,(H,3,4)/t11-,14+,15+;/m0./s1. The molecule has 1 aliphatic carbocycles. The van der Waals surface area contributed by atoms with Gasteiger partial charge in [-0.3, -0.25) is 9.59 Å². The number of nitrogens with one attached hydrogen (secondary N) is 1. The molecule has 0 unspecified atom stereocenters. The van der Waals surface area contributed by atoms with E-state index in [4.69, 9.17) is 32.0 Å². The quantitative estimate of drug-likeness (QED) is 0.601. The number of amides is 1. The molecule has 1 aromatic rings. The summed E-state index contributed by atoms with van der Waals surface area (Å²) < 4.78 is 5.75. The van der Waals surface area contributed by atoms with E-state index in [1.165, 1.54) is 0 Å². The third-order valence-corrected chi connectivity index (χ3v) is 4.31. The number of hydrogen-bond acceptors (Lipinski definition) is 5. The Morgan fingerprint density at radius 3 is 2.56 bits per heavy atom. The molecule has 152 valence electrons. The first-order chi connectivity index (χ1) is 12.6. The molecule has 1 fully saturated rings. The second kappa shape index (κ2) is 11.1. The van der Waals surface area contributed by atoms with Crippen molar-refractivity contribution < 1.29 is 24.5 Å². The van der Waals surface area contributed by atoms with Gasteiger partial charge < -0.3 is 26.0 Å². The number of benzene rings is 1. The number of hydrogen-bond donors (Lipinski definition) is 4. The zero-order valence-corrected chi connectivity index (χ0v) is 16.7. The number of halogens is 1. The van der Waals surface area contributed by atoms with E-state index in [0.717, 1.165) is 18.2 Å². The summed E-state index contributed by atoms with van der Waals surface area (Å²) in [5.41, 5.74) is 6.69. The fraction of sp³-hybridized carbons (Fsp3) is 0.579. The van der Waals surface area contributed by atoms with Gasteiger partial charge in [-0.25, -0.2) is 0 Å². The monoisotopic (exact) mass is 400 g/mol. The van der Waals surface area contributed by atoms with Crippen LogP contribution >= 0.6 is 11.6 Å². The lowest BCUT2D eigenvalue weighted by Gasteiger charge is -2.30. The molecule has 0 spiro atoms. The molecule has 5 N–H and O–H groups in total. The first kappa shape index (κ1) is 23.2. The second-order valence-corrected chi connectivity index (χ2v) is 7.33. The van der Waals surface area contributed by atoms with E-state index in [0.29, 0.717) is 30.8 Å². The lowest BCUT2D eigenvalue weighted by Crippen LogP contribution is -2.44. The molecule has 0 radical (unpaired) electrons. The minimum Gasteiger partial charge on any atom is -0.491 e. The van der Waals surface area contributed by atoms with E-state index in [-0.39, 0.29) is 24.0 Å². The number of aliphatic hydroxyl groups excluding tert-OH is 1. The summed E-state index contributed by atoms with van der Waals surface area (Å²) in [7, 11) is 0. The molecule has 1 saturated carbocycles. The Bertz CT molecular complexity index is 635. The van der Waals surface area contributed by atoms with Crippen molar-refractivity contribution in [2.24, 2.45) is 11.7 Å². The predicted molar refractivity (Wildman–Crippen MR) is 104 cm³/mol. The van der Waals surface area contributed by atoms with Gasteiger partial charge in [-0.05, 0) is 51.3 Å². The number of carbonyl (C=O) groups is 2. The number of ether oxygens (including phenoxy) is 1. The Kier molecular flexibility index (Phi) is 9.55. The minimum atomic E-state index is -0.833. The Hall–Kier alpha value is -1.83. The van der Waals surface area contributed by atoms with Gasteiger partial charge in [0.1, 0.15) is 5.75 Å². The van der Waals surface area contributed by atoms with Gasteiger partial charge in [-0.2, -0.15) is 0 Å². The van der Waals surface area contributed by atoms with E-state index in [9.17, 15) is 9.90 Å². The summed E-state index contributed by atoms with van der Waals surface area (Å²) in [6.45, 7) is 5.34. The fourth-order valence-corrected chi connectivity index (χ4v) is 3.00. The molecule has 27 heavy (non-hydrogen) atoms. The first-order valence-corrected chi connectivity index (χ1v) is 9.34.